The number of anilines is 1. The lowest BCUT2D eigenvalue weighted by Crippen LogP contribution is -2.47. The molecule has 8 heteroatoms. The fraction of sp³-hybridized carbons (Fsp3) is 0.407. The molecule has 1 unspecified atom stereocenters. The Kier molecular flexibility index (Phi) is 8.23. The molecule has 2 aromatic rings. The van der Waals surface area contributed by atoms with E-state index in [2.05, 4.69) is 10.0 Å². The van der Waals surface area contributed by atoms with Gasteiger partial charge in [0.2, 0.25) is 5.91 Å². The quantitative estimate of drug-likeness (QED) is 0.595. The third-order valence-electron chi connectivity index (χ3n) is 6.66. The van der Waals surface area contributed by atoms with Crippen LogP contribution in [0.3, 0.4) is 0 Å². The van der Waals surface area contributed by atoms with Crippen LogP contribution in [0.15, 0.2) is 60.0 Å². The predicted octanol–water partition coefficient (Wildman–Crippen LogP) is 4.40. The first-order chi connectivity index (χ1) is 16.9. The Labute approximate surface area is 207 Å². The molecule has 1 atom stereocenters. The lowest BCUT2D eigenvalue weighted by atomic mass is 9.93. The minimum atomic E-state index is -3.69. The summed E-state index contributed by atoms with van der Waals surface area (Å²) in [6.07, 6.45) is 8.75. The van der Waals surface area contributed by atoms with Gasteiger partial charge in [0.25, 0.3) is 15.9 Å². The third-order valence-corrected chi connectivity index (χ3v) is 7.68. The van der Waals surface area contributed by atoms with Gasteiger partial charge in [-0.3, -0.25) is 14.3 Å². The maximum atomic E-state index is 13.1. The second kappa shape index (κ2) is 11.5. The number of hydrogen-bond donors (Lipinski definition) is 2. The SMILES string of the molecule is O=C(NC1CCCCC1)C1CCCN(C(=O)c2ccc(NS(=O)(=O)/C=C/c3ccccc3)cc2)C1. The van der Waals surface area contributed by atoms with E-state index in [1.165, 1.54) is 12.5 Å². The van der Waals surface area contributed by atoms with E-state index in [0.29, 0.717) is 24.3 Å². The van der Waals surface area contributed by atoms with Crippen LogP contribution in [-0.4, -0.2) is 44.3 Å². The van der Waals surface area contributed by atoms with Crippen LogP contribution in [0.1, 0.15) is 60.9 Å². The lowest BCUT2D eigenvalue weighted by molar-refractivity contribution is -0.127. The van der Waals surface area contributed by atoms with E-state index in [1.807, 2.05) is 30.3 Å². The molecule has 4 rings (SSSR count). The molecule has 2 fully saturated rings. The largest absolute Gasteiger partial charge is 0.353 e. The molecule has 1 aliphatic carbocycles. The van der Waals surface area contributed by atoms with Crippen LogP contribution in [0, 0.1) is 5.92 Å². The van der Waals surface area contributed by atoms with Crippen molar-refractivity contribution in [2.45, 2.75) is 51.0 Å². The Balaban J connectivity index is 1.33. The van der Waals surface area contributed by atoms with Gasteiger partial charge in [-0.15, -0.1) is 0 Å². The predicted molar refractivity (Wildman–Crippen MR) is 138 cm³/mol. The maximum Gasteiger partial charge on any atom is 0.255 e. The van der Waals surface area contributed by atoms with Crippen LogP contribution in [0.2, 0.25) is 0 Å². The fourth-order valence-electron chi connectivity index (χ4n) is 4.74. The van der Waals surface area contributed by atoms with Gasteiger partial charge in [0.15, 0.2) is 0 Å². The highest BCUT2D eigenvalue weighted by atomic mass is 32.2. The van der Waals surface area contributed by atoms with Crippen LogP contribution >= 0.6 is 0 Å². The number of nitrogens with one attached hydrogen (secondary N) is 2. The zero-order valence-electron chi connectivity index (χ0n) is 19.9. The molecule has 186 valence electrons. The summed E-state index contributed by atoms with van der Waals surface area (Å²) in [7, 11) is -3.69. The number of hydrogen-bond acceptors (Lipinski definition) is 4. The summed E-state index contributed by atoms with van der Waals surface area (Å²) in [6.45, 7) is 1.03. The molecule has 1 saturated heterocycles. The number of likely N-dealkylation sites (tertiary alicyclic amines) is 1. The molecule has 1 heterocycles. The van der Waals surface area contributed by atoms with Crippen molar-refractivity contribution in [3.05, 3.63) is 71.1 Å². The number of rotatable bonds is 7. The van der Waals surface area contributed by atoms with Gasteiger partial charge in [0.1, 0.15) is 0 Å². The Morgan fingerprint density at radius 2 is 1.60 bits per heavy atom. The number of nitrogens with zero attached hydrogens (tertiary/aromatic N) is 1. The van der Waals surface area contributed by atoms with Crippen LogP contribution in [0.25, 0.3) is 6.08 Å². The standard InChI is InChI=1S/C27H33N3O4S/c31-26(28-24-11-5-2-6-12-24)23-10-7-18-30(20-23)27(32)22-13-15-25(16-14-22)29-35(33,34)19-17-21-8-3-1-4-9-21/h1,3-4,8-9,13-17,19,23-24,29H,2,5-7,10-12,18,20H2,(H,28,31)/b19-17+. The summed E-state index contributed by atoms with van der Waals surface area (Å²) in [6, 6.07) is 15.8. The number of amides is 2. The van der Waals surface area contributed by atoms with Crippen molar-refractivity contribution < 1.29 is 18.0 Å². The van der Waals surface area contributed by atoms with Crippen molar-refractivity contribution in [1.29, 1.82) is 0 Å². The van der Waals surface area contributed by atoms with Crippen molar-refractivity contribution >= 4 is 33.6 Å². The average molecular weight is 496 g/mol. The second-order valence-corrected chi connectivity index (χ2v) is 10.9. The third kappa shape index (κ3) is 7.18. The van der Waals surface area contributed by atoms with Gasteiger partial charge < -0.3 is 10.2 Å². The zero-order valence-corrected chi connectivity index (χ0v) is 20.7. The van der Waals surface area contributed by atoms with E-state index < -0.39 is 10.0 Å². The first-order valence-electron chi connectivity index (χ1n) is 12.4. The Morgan fingerprint density at radius 3 is 2.31 bits per heavy atom. The minimum Gasteiger partial charge on any atom is -0.353 e. The van der Waals surface area contributed by atoms with E-state index in [4.69, 9.17) is 0 Å². The van der Waals surface area contributed by atoms with Crippen molar-refractivity contribution in [3.8, 4) is 0 Å². The van der Waals surface area contributed by atoms with Gasteiger partial charge in [-0.05, 0) is 61.6 Å². The van der Waals surface area contributed by atoms with E-state index in [1.54, 1.807) is 29.2 Å². The van der Waals surface area contributed by atoms with Gasteiger partial charge in [0.05, 0.1) is 11.3 Å². The first kappa shape index (κ1) is 25.0. The smallest absolute Gasteiger partial charge is 0.255 e. The van der Waals surface area contributed by atoms with E-state index >= 15 is 0 Å². The summed E-state index contributed by atoms with van der Waals surface area (Å²) in [5.41, 5.74) is 1.63. The molecular weight excluding hydrogens is 462 g/mol. The molecule has 0 radical (unpaired) electrons. The van der Waals surface area contributed by atoms with Crippen molar-refractivity contribution in [1.82, 2.24) is 10.2 Å². The minimum absolute atomic E-state index is 0.0581. The topological polar surface area (TPSA) is 95.6 Å². The summed E-state index contributed by atoms with van der Waals surface area (Å²) < 4.78 is 27.2. The molecule has 35 heavy (non-hydrogen) atoms. The molecule has 0 spiro atoms. The summed E-state index contributed by atoms with van der Waals surface area (Å²) >= 11 is 0. The maximum absolute atomic E-state index is 13.1. The van der Waals surface area contributed by atoms with Crippen molar-refractivity contribution in [2.24, 2.45) is 5.92 Å². The van der Waals surface area contributed by atoms with Crippen LogP contribution in [0.5, 0.6) is 0 Å². The van der Waals surface area contributed by atoms with Crippen LogP contribution < -0.4 is 10.0 Å². The summed E-state index contributed by atoms with van der Waals surface area (Å²) in [4.78, 5) is 27.6. The van der Waals surface area contributed by atoms with E-state index in [-0.39, 0.29) is 23.8 Å². The zero-order chi connectivity index (χ0) is 24.7. The number of benzene rings is 2. The average Bonchev–Trinajstić information content (AvgIpc) is 2.89. The van der Waals surface area contributed by atoms with Crippen LogP contribution in [0.4, 0.5) is 5.69 Å². The highest BCUT2D eigenvalue weighted by molar-refractivity contribution is 7.95. The monoisotopic (exact) mass is 495 g/mol. The molecule has 1 saturated carbocycles. The molecule has 2 amide bonds. The molecular formula is C27H33N3O4S. The number of carbonyl (C=O) groups excluding carboxylic acids is 2. The second-order valence-electron chi connectivity index (χ2n) is 9.37. The number of piperidine rings is 1. The van der Waals surface area contributed by atoms with Crippen molar-refractivity contribution in [3.63, 3.8) is 0 Å². The molecule has 0 bridgehead atoms. The lowest BCUT2D eigenvalue weighted by Gasteiger charge is -2.33. The Hall–Kier alpha value is -3.13. The Morgan fingerprint density at radius 1 is 0.886 bits per heavy atom. The van der Waals surface area contributed by atoms with Gasteiger partial charge >= 0.3 is 0 Å². The Bertz CT molecular complexity index is 1140. The van der Waals surface area contributed by atoms with E-state index in [0.717, 1.165) is 49.5 Å². The van der Waals surface area contributed by atoms with E-state index in [9.17, 15) is 18.0 Å². The molecule has 0 aromatic heterocycles. The summed E-state index contributed by atoms with van der Waals surface area (Å²) in [5, 5.41) is 4.31. The van der Waals surface area contributed by atoms with Gasteiger partial charge in [-0.25, -0.2) is 8.42 Å². The fourth-order valence-corrected chi connectivity index (χ4v) is 5.60. The highest BCUT2D eigenvalue weighted by Crippen LogP contribution is 2.22. The molecule has 2 aromatic carbocycles. The molecule has 1 aliphatic heterocycles. The number of carbonyl (C=O) groups is 2. The summed E-state index contributed by atoms with van der Waals surface area (Å²) in [5.74, 6) is -0.265. The van der Waals surface area contributed by atoms with Gasteiger partial charge in [0, 0.05) is 30.4 Å². The normalized spacial score (nSPS) is 19.4. The van der Waals surface area contributed by atoms with Crippen molar-refractivity contribution in [2.75, 3.05) is 17.8 Å². The highest BCUT2D eigenvalue weighted by Gasteiger charge is 2.30. The molecule has 2 N–H and O–H groups in total. The van der Waals surface area contributed by atoms with Gasteiger partial charge in [-0.1, -0.05) is 49.6 Å². The van der Waals surface area contributed by atoms with Crippen LogP contribution in [-0.2, 0) is 14.8 Å². The molecule has 2 aliphatic rings. The first-order valence-corrected chi connectivity index (χ1v) is 13.9. The molecule has 7 nitrogen and oxygen atoms in total. The van der Waals surface area contributed by atoms with Gasteiger partial charge in [-0.2, -0.15) is 0 Å². The number of sulfonamides is 1.